The minimum atomic E-state index is -0.938. The van der Waals surface area contributed by atoms with E-state index in [0.29, 0.717) is 24.7 Å². The van der Waals surface area contributed by atoms with Crippen LogP contribution < -0.4 is 14.8 Å². The number of hydrogen-bond acceptors (Lipinski definition) is 4. The van der Waals surface area contributed by atoms with Gasteiger partial charge in [0.15, 0.2) is 11.5 Å². The van der Waals surface area contributed by atoms with Gasteiger partial charge in [0, 0.05) is 6.54 Å². The van der Waals surface area contributed by atoms with Gasteiger partial charge in [0.25, 0.3) is 0 Å². The number of carbonyl (C=O) groups is 2. The molecular weight excluding hydrogens is 274 g/mol. The lowest BCUT2D eigenvalue weighted by Crippen LogP contribution is -2.41. The summed E-state index contributed by atoms with van der Waals surface area (Å²) in [6.07, 6.45) is -0.0943. The molecule has 1 amide bonds. The molecule has 1 aromatic carbocycles. The number of aliphatic carboxylic acids is 1. The third kappa shape index (κ3) is 3.45. The van der Waals surface area contributed by atoms with E-state index in [2.05, 4.69) is 5.32 Å². The van der Waals surface area contributed by atoms with Crippen LogP contribution in [0, 0.1) is 0 Å². The van der Waals surface area contributed by atoms with Crippen LogP contribution in [0.5, 0.6) is 11.5 Å². The number of ether oxygens (including phenoxy) is 2. The van der Waals surface area contributed by atoms with Crippen molar-refractivity contribution in [2.24, 2.45) is 0 Å². The van der Waals surface area contributed by atoms with Gasteiger partial charge in [-0.25, -0.2) is 0 Å². The van der Waals surface area contributed by atoms with Crippen LogP contribution in [0.4, 0.5) is 0 Å². The average Bonchev–Trinajstić information content (AvgIpc) is 2.46. The molecule has 21 heavy (non-hydrogen) atoms. The quantitative estimate of drug-likeness (QED) is 0.855. The summed E-state index contributed by atoms with van der Waals surface area (Å²) >= 11 is 0. The van der Waals surface area contributed by atoms with Crippen molar-refractivity contribution in [2.45, 2.75) is 25.7 Å². The molecular formula is C15H19NO5. The van der Waals surface area contributed by atoms with Crippen molar-refractivity contribution in [3.63, 3.8) is 0 Å². The summed E-state index contributed by atoms with van der Waals surface area (Å²) in [4.78, 5) is 22.7. The molecule has 2 rings (SSSR count). The standard InChI is InChI=1S/C15H19NO5/c1-15(2,14(19)16-6-5-13(17)18)10-3-4-11-12(9-10)21-8-7-20-11/h3-4,9H,5-8H2,1-2H3,(H,16,19)(H,17,18). The van der Waals surface area contributed by atoms with Gasteiger partial charge in [-0.2, -0.15) is 0 Å². The number of carboxylic acid groups (broad SMARTS) is 1. The molecule has 0 radical (unpaired) electrons. The number of nitrogens with one attached hydrogen (secondary N) is 1. The molecule has 1 aromatic rings. The van der Waals surface area contributed by atoms with Crippen LogP contribution in [0.1, 0.15) is 25.8 Å². The summed E-state index contributed by atoms with van der Waals surface area (Å²) in [5.41, 5.74) is 0.00788. The highest BCUT2D eigenvalue weighted by molar-refractivity contribution is 5.87. The van der Waals surface area contributed by atoms with Crippen molar-refractivity contribution in [2.75, 3.05) is 19.8 Å². The highest BCUT2D eigenvalue weighted by atomic mass is 16.6. The summed E-state index contributed by atoms with van der Waals surface area (Å²) < 4.78 is 11.0. The van der Waals surface area contributed by atoms with E-state index in [9.17, 15) is 9.59 Å². The van der Waals surface area contributed by atoms with E-state index in [1.807, 2.05) is 6.07 Å². The van der Waals surface area contributed by atoms with E-state index in [0.717, 1.165) is 5.56 Å². The molecule has 1 aliphatic heterocycles. The first-order chi connectivity index (χ1) is 9.91. The summed E-state index contributed by atoms with van der Waals surface area (Å²) in [7, 11) is 0. The van der Waals surface area contributed by atoms with Gasteiger partial charge in [0.05, 0.1) is 11.8 Å². The van der Waals surface area contributed by atoms with Gasteiger partial charge in [0.2, 0.25) is 5.91 Å². The van der Waals surface area contributed by atoms with Crippen LogP contribution in [0.15, 0.2) is 18.2 Å². The summed E-state index contributed by atoms with van der Waals surface area (Å²) in [5.74, 6) is 0.144. The van der Waals surface area contributed by atoms with Gasteiger partial charge in [-0.15, -0.1) is 0 Å². The lowest BCUT2D eigenvalue weighted by atomic mass is 9.83. The Kier molecular flexibility index (Phi) is 4.35. The Labute approximate surface area is 123 Å². The van der Waals surface area contributed by atoms with Crippen LogP contribution in [0.25, 0.3) is 0 Å². The number of hydrogen-bond donors (Lipinski definition) is 2. The fraction of sp³-hybridized carbons (Fsp3) is 0.467. The Bertz CT molecular complexity index is 553. The maximum atomic E-state index is 12.2. The number of amides is 1. The first-order valence-corrected chi connectivity index (χ1v) is 6.81. The summed E-state index contributed by atoms with van der Waals surface area (Å²) in [6, 6.07) is 5.41. The van der Waals surface area contributed by atoms with E-state index < -0.39 is 11.4 Å². The van der Waals surface area contributed by atoms with E-state index in [1.165, 1.54) is 0 Å². The highest BCUT2D eigenvalue weighted by Gasteiger charge is 2.31. The second-order valence-electron chi connectivity index (χ2n) is 5.38. The molecule has 0 aromatic heterocycles. The Morgan fingerprint density at radius 3 is 2.57 bits per heavy atom. The molecule has 1 heterocycles. The summed E-state index contributed by atoms with van der Waals surface area (Å²) in [5, 5.41) is 11.2. The fourth-order valence-corrected chi connectivity index (χ4v) is 2.07. The largest absolute Gasteiger partial charge is 0.486 e. The predicted octanol–water partition coefficient (Wildman–Crippen LogP) is 1.33. The Balaban J connectivity index is 2.11. The van der Waals surface area contributed by atoms with Crippen LogP contribution in [0.2, 0.25) is 0 Å². The van der Waals surface area contributed by atoms with E-state index in [4.69, 9.17) is 14.6 Å². The molecule has 6 nitrogen and oxygen atoms in total. The third-order valence-electron chi connectivity index (χ3n) is 3.46. The minimum absolute atomic E-state index is 0.0943. The van der Waals surface area contributed by atoms with E-state index in [-0.39, 0.29) is 18.9 Å². The van der Waals surface area contributed by atoms with Gasteiger partial charge in [-0.3, -0.25) is 9.59 Å². The molecule has 0 fully saturated rings. The van der Waals surface area contributed by atoms with Crippen LogP contribution in [-0.2, 0) is 15.0 Å². The maximum Gasteiger partial charge on any atom is 0.305 e. The lowest BCUT2D eigenvalue weighted by molar-refractivity contribution is -0.137. The molecule has 0 spiro atoms. The zero-order valence-electron chi connectivity index (χ0n) is 12.1. The number of rotatable bonds is 5. The van der Waals surface area contributed by atoms with Crippen molar-refractivity contribution in [1.82, 2.24) is 5.32 Å². The molecule has 1 aliphatic rings. The van der Waals surface area contributed by atoms with Gasteiger partial charge in [-0.1, -0.05) is 6.07 Å². The molecule has 0 unspecified atom stereocenters. The van der Waals surface area contributed by atoms with Gasteiger partial charge in [0.1, 0.15) is 13.2 Å². The monoisotopic (exact) mass is 293 g/mol. The minimum Gasteiger partial charge on any atom is -0.486 e. The molecule has 0 saturated carbocycles. The van der Waals surface area contributed by atoms with Crippen LogP contribution in [-0.4, -0.2) is 36.7 Å². The van der Waals surface area contributed by atoms with Crippen molar-refractivity contribution < 1.29 is 24.2 Å². The molecule has 0 atom stereocenters. The highest BCUT2D eigenvalue weighted by Crippen LogP contribution is 2.35. The van der Waals surface area contributed by atoms with Crippen molar-refractivity contribution in [3.05, 3.63) is 23.8 Å². The fourth-order valence-electron chi connectivity index (χ4n) is 2.07. The second kappa shape index (κ2) is 6.03. The lowest BCUT2D eigenvalue weighted by Gasteiger charge is -2.26. The van der Waals surface area contributed by atoms with E-state index in [1.54, 1.807) is 26.0 Å². The van der Waals surface area contributed by atoms with Crippen LogP contribution >= 0.6 is 0 Å². The third-order valence-corrected chi connectivity index (χ3v) is 3.46. The zero-order chi connectivity index (χ0) is 15.5. The zero-order valence-corrected chi connectivity index (χ0v) is 12.1. The number of carbonyl (C=O) groups excluding carboxylic acids is 1. The smallest absolute Gasteiger partial charge is 0.305 e. The maximum absolute atomic E-state index is 12.2. The first kappa shape index (κ1) is 15.2. The molecule has 0 aliphatic carbocycles. The van der Waals surface area contributed by atoms with Gasteiger partial charge in [-0.05, 0) is 31.5 Å². The molecule has 2 N–H and O–H groups in total. The molecule has 0 bridgehead atoms. The van der Waals surface area contributed by atoms with E-state index >= 15 is 0 Å². The molecule has 6 heteroatoms. The Morgan fingerprint density at radius 1 is 1.24 bits per heavy atom. The Hall–Kier alpha value is -2.24. The number of benzene rings is 1. The second-order valence-corrected chi connectivity index (χ2v) is 5.38. The molecule has 0 saturated heterocycles. The Morgan fingerprint density at radius 2 is 1.90 bits per heavy atom. The predicted molar refractivity (Wildman–Crippen MR) is 75.7 cm³/mol. The molecule has 114 valence electrons. The van der Waals surface area contributed by atoms with Crippen molar-refractivity contribution in [1.29, 1.82) is 0 Å². The summed E-state index contributed by atoms with van der Waals surface area (Å²) in [6.45, 7) is 4.69. The number of fused-ring (bicyclic) bond motifs is 1. The topological polar surface area (TPSA) is 84.9 Å². The number of carboxylic acids is 1. The first-order valence-electron chi connectivity index (χ1n) is 6.81. The van der Waals surface area contributed by atoms with Crippen LogP contribution in [0.3, 0.4) is 0 Å². The normalized spacial score (nSPS) is 13.6. The van der Waals surface area contributed by atoms with Crippen molar-refractivity contribution >= 4 is 11.9 Å². The van der Waals surface area contributed by atoms with Gasteiger partial charge >= 0.3 is 5.97 Å². The van der Waals surface area contributed by atoms with Gasteiger partial charge < -0.3 is 19.9 Å². The average molecular weight is 293 g/mol. The van der Waals surface area contributed by atoms with Crippen molar-refractivity contribution in [3.8, 4) is 11.5 Å². The SMILES string of the molecule is CC(C)(C(=O)NCCC(=O)O)c1ccc2c(c1)OCCO2.